The number of ketones is 1. The van der Waals surface area contributed by atoms with Gasteiger partial charge in [0.25, 0.3) is 0 Å². The van der Waals surface area contributed by atoms with Gasteiger partial charge < -0.3 is 0 Å². The van der Waals surface area contributed by atoms with E-state index in [-0.39, 0.29) is 11.5 Å². The summed E-state index contributed by atoms with van der Waals surface area (Å²) >= 11 is 0. The van der Waals surface area contributed by atoms with Crippen LogP contribution in [0.15, 0.2) is 18.2 Å². The SMILES string of the molecule is Cc1ccc2c(c1)[C@]1(C)CCCN(CC3CC3)[C@H](C2=O)[C@@H]1C. The van der Waals surface area contributed by atoms with Gasteiger partial charge in [-0.2, -0.15) is 0 Å². The third-order valence-electron chi connectivity index (χ3n) is 6.53. The Morgan fingerprint density at radius 2 is 2.09 bits per heavy atom. The van der Waals surface area contributed by atoms with Crippen molar-refractivity contribution in [2.45, 2.75) is 57.9 Å². The van der Waals surface area contributed by atoms with Crippen molar-refractivity contribution in [2.75, 3.05) is 13.1 Å². The first-order valence-corrected chi connectivity index (χ1v) is 8.90. The molecule has 0 amide bonds. The predicted octanol–water partition coefficient (Wildman–Crippen LogP) is 3.96. The molecule has 2 bridgehead atoms. The Morgan fingerprint density at radius 1 is 1.32 bits per heavy atom. The molecule has 1 aromatic carbocycles. The molecule has 1 heterocycles. The zero-order valence-electron chi connectivity index (χ0n) is 14.1. The van der Waals surface area contributed by atoms with Crippen LogP contribution in [0.1, 0.15) is 61.0 Å². The van der Waals surface area contributed by atoms with Crippen molar-refractivity contribution < 1.29 is 4.79 Å². The van der Waals surface area contributed by atoms with Crippen LogP contribution in [0, 0.1) is 18.8 Å². The fourth-order valence-corrected chi connectivity index (χ4v) is 4.80. The Balaban J connectivity index is 1.81. The monoisotopic (exact) mass is 297 g/mol. The van der Waals surface area contributed by atoms with Gasteiger partial charge >= 0.3 is 0 Å². The number of aryl methyl sites for hydroxylation is 1. The summed E-state index contributed by atoms with van der Waals surface area (Å²) in [6, 6.07) is 6.57. The van der Waals surface area contributed by atoms with Crippen molar-refractivity contribution in [3.05, 3.63) is 34.9 Å². The lowest BCUT2D eigenvalue weighted by molar-refractivity contribution is 0.0642. The molecule has 2 fully saturated rings. The Hall–Kier alpha value is -1.15. The van der Waals surface area contributed by atoms with Gasteiger partial charge in [0.05, 0.1) is 6.04 Å². The minimum Gasteiger partial charge on any atom is -0.293 e. The van der Waals surface area contributed by atoms with E-state index in [0.717, 1.165) is 24.6 Å². The number of hydrogen-bond donors (Lipinski definition) is 0. The molecule has 3 aliphatic rings. The summed E-state index contributed by atoms with van der Waals surface area (Å²) in [5.41, 5.74) is 3.74. The van der Waals surface area contributed by atoms with Crippen LogP contribution in [0.4, 0.5) is 0 Å². The van der Waals surface area contributed by atoms with Crippen LogP contribution in [0.3, 0.4) is 0 Å². The Bertz CT molecular complexity index is 618. The summed E-state index contributed by atoms with van der Waals surface area (Å²) in [5, 5.41) is 0. The quantitative estimate of drug-likeness (QED) is 0.823. The number of hydrogen-bond acceptors (Lipinski definition) is 2. The molecule has 22 heavy (non-hydrogen) atoms. The predicted molar refractivity (Wildman–Crippen MR) is 89.3 cm³/mol. The maximum Gasteiger partial charge on any atom is 0.180 e. The van der Waals surface area contributed by atoms with Gasteiger partial charge in [0.2, 0.25) is 0 Å². The van der Waals surface area contributed by atoms with Gasteiger partial charge in [-0.3, -0.25) is 9.69 Å². The first-order valence-electron chi connectivity index (χ1n) is 8.90. The molecule has 0 spiro atoms. The number of likely N-dealkylation sites (tertiary alicyclic amines) is 1. The fraction of sp³-hybridized carbons (Fsp3) is 0.650. The number of fused-ring (bicyclic) bond motifs is 4. The molecule has 1 aliphatic heterocycles. The highest BCUT2D eigenvalue weighted by molar-refractivity contribution is 6.03. The van der Waals surface area contributed by atoms with E-state index in [1.165, 1.54) is 36.8 Å². The second-order valence-corrected chi connectivity index (χ2v) is 8.11. The van der Waals surface area contributed by atoms with E-state index in [0.29, 0.717) is 11.7 Å². The second-order valence-electron chi connectivity index (χ2n) is 8.11. The standard InChI is InChI=1S/C20H27NO/c1-13-5-8-16-17(11-13)20(3)9-4-10-21(12-15-6-7-15)18(14(20)2)19(16)22/h5,8,11,14-15,18H,4,6-7,9-10,12H2,1-3H3/t14-,18-,20+/m0/s1. The summed E-state index contributed by atoms with van der Waals surface area (Å²) in [6.45, 7) is 9.09. The van der Waals surface area contributed by atoms with E-state index < -0.39 is 0 Å². The molecule has 2 heteroatoms. The minimum atomic E-state index is 0.100. The van der Waals surface area contributed by atoms with Crippen LogP contribution in [0.25, 0.3) is 0 Å². The van der Waals surface area contributed by atoms with E-state index in [4.69, 9.17) is 0 Å². The van der Waals surface area contributed by atoms with Crippen molar-refractivity contribution in [3.63, 3.8) is 0 Å². The van der Waals surface area contributed by atoms with Crippen LogP contribution in [-0.2, 0) is 5.41 Å². The topological polar surface area (TPSA) is 20.3 Å². The van der Waals surface area contributed by atoms with E-state index in [1.54, 1.807) is 0 Å². The number of nitrogens with zero attached hydrogens (tertiary/aromatic N) is 1. The number of Topliss-reactive ketones (excluding diaryl/α,β-unsaturated/α-hetero) is 1. The maximum atomic E-state index is 13.2. The summed E-state index contributed by atoms with van der Waals surface area (Å²) in [4.78, 5) is 15.7. The summed E-state index contributed by atoms with van der Waals surface area (Å²) < 4.78 is 0. The molecule has 118 valence electrons. The first-order chi connectivity index (χ1) is 10.5. The third-order valence-corrected chi connectivity index (χ3v) is 6.53. The van der Waals surface area contributed by atoms with Crippen molar-refractivity contribution in [1.82, 2.24) is 4.90 Å². The van der Waals surface area contributed by atoms with Gasteiger partial charge in [0.1, 0.15) is 0 Å². The van der Waals surface area contributed by atoms with E-state index in [2.05, 4.69) is 43.9 Å². The number of benzene rings is 1. The van der Waals surface area contributed by atoms with Gasteiger partial charge in [-0.05, 0) is 62.0 Å². The molecule has 1 aromatic rings. The lowest BCUT2D eigenvalue weighted by Gasteiger charge is -2.46. The average molecular weight is 297 g/mol. The zero-order chi connectivity index (χ0) is 15.5. The maximum absolute atomic E-state index is 13.2. The Kier molecular flexibility index (Phi) is 3.23. The highest BCUT2D eigenvalue weighted by Gasteiger charge is 2.51. The van der Waals surface area contributed by atoms with Crippen molar-refractivity contribution in [1.29, 1.82) is 0 Å². The van der Waals surface area contributed by atoms with Crippen LogP contribution in [0.2, 0.25) is 0 Å². The molecule has 1 saturated carbocycles. The van der Waals surface area contributed by atoms with E-state index in [1.807, 2.05) is 0 Å². The summed E-state index contributed by atoms with van der Waals surface area (Å²) in [5.74, 6) is 1.64. The average Bonchev–Trinajstić information content (AvgIpc) is 3.29. The van der Waals surface area contributed by atoms with E-state index >= 15 is 0 Å². The van der Waals surface area contributed by atoms with E-state index in [9.17, 15) is 4.79 Å². The molecule has 2 nitrogen and oxygen atoms in total. The number of rotatable bonds is 2. The highest BCUT2D eigenvalue weighted by atomic mass is 16.1. The smallest absolute Gasteiger partial charge is 0.180 e. The first kappa shape index (κ1) is 14.4. The third kappa shape index (κ3) is 2.07. The van der Waals surface area contributed by atoms with Gasteiger partial charge in [0.15, 0.2) is 5.78 Å². The van der Waals surface area contributed by atoms with Crippen molar-refractivity contribution in [3.8, 4) is 0 Å². The number of carbonyl (C=O) groups is 1. The van der Waals surface area contributed by atoms with Gasteiger partial charge in [0, 0.05) is 12.1 Å². The largest absolute Gasteiger partial charge is 0.293 e. The van der Waals surface area contributed by atoms with Crippen LogP contribution in [0.5, 0.6) is 0 Å². The van der Waals surface area contributed by atoms with Crippen LogP contribution >= 0.6 is 0 Å². The molecule has 0 unspecified atom stereocenters. The van der Waals surface area contributed by atoms with Gasteiger partial charge in [-0.15, -0.1) is 0 Å². The zero-order valence-corrected chi connectivity index (χ0v) is 14.1. The lowest BCUT2D eigenvalue weighted by atomic mass is 9.61. The molecule has 0 aromatic heterocycles. The highest BCUT2D eigenvalue weighted by Crippen LogP contribution is 2.48. The van der Waals surface area contributed by atoms with Crippen LogP contribution < -0.4 is 0 Å². The molecule has 3 atom stereocenters. The van der Waals surface area contributed by atoms with Gasteiger partial charge in [-0.25, -0.2) is 0 Å². The molecule has 4 rings (SSSR count). The van der Waals surface area contributed by atoms with Crippen molar-refractivity contribution in [2.24, 2.45) is 11.8 Å². The molecule has 2 aliphatic carbocycles. The second kappa shape index (κ2) is 4.92. The molecule has 0 N–H and O–H groups in total. The molecular formula is C20H27NO. The van der Waals surface area contributed by atoms with Crippen molar-refractivity contribution >= 4 is 5.78 Å². The Labute approximate surface area is 133 Å². The molecule has 0 radical (unpaired) electrons. The van der Waals surface area contributed by atoms with Gasteiger partial charge in [-0.1, -0.05) is 37.6 Å². The summed E-state index contributed by atoms with van der Waals surface area (Å²) in [7, 11) is 0. The molecule has 1 saturated heterocycles. The lowest BCUT2D eigenvalue weighted by Crippen LogP contribution is -2.53. The summed E-state index contributed by atoms with van der Waals surface area (Å²) in [6.07, 6.45) is 5.14. The minimum absolute atomic E-state index is 0.100. The fourth-order valence-electron chi connectivity index (χ4n) is 4.80. The number of carbonyl (C=O) groups excluding carboxylic acids is 1. The van der Waals surface area contributed by atoms with Crippen LogP contribution in [-0.4, -0.2) is 29.8 Å². The normalized spacial score (nSPS) is 35.1. The Morgan fingerprint density at radius 3 is 2.82 bits per heavy atom. The molecular weight excluding hydrogens is 270 g/mol.